The van der Waals surface area contributed by atoms with Crippen LogP contribution in [0.3, 0.4) is 0 Å². The van der Waals surface area contributed by atoms with E-state index in [-0.39, 0.29) is 17.2 Å². The third kappa shape index (κ3) is 4.51. The molecule has 1 aliphatic rings. The highest BCUT2D eigenvalue weighted by Gasteiger charge is 2.34. The number of amides is 2. The van der Waals surface area contributed by atoms with Crippen LogP contribution in [-0.4, -0.2) is 31.8 Å². The second kappa shape index (κ2) is 9.14. The summed E-state index contributed by atoms with van der Waals surface area (Å²) >= 11 is 1.58. The van der Waals surface area contributed by atoms with Crippen molar-refractivity contribution in [3.63, 3.8) is 0 Å². The predicted molar refractivity (Wildman–Crippen MR) is 123 cm³/mol. The zero-order chi connectivity index (χ0) is 21.8. The van der Waals surface area contributed by atoms with E-state index in [9.17, 15) is 9.59 Å². The highest BCUT2D eigenvalue weighted by molar-refractivity contribution is 8.00. The minimum atomic E-state index is -0.196. The van der Waals surface area contributed by atoms with Crippen molar-refractivity contribution in [2.24, 2.45) is 0 Å². The Balaban J connectivity index is 1.50. The van der Waals surface area contributed by atoms with Crippen molar-refractivity contribution >= 4 is 35.0 Å². The number of rotatable bonds is 6. The van der Waals surface area contributed by atoms with Crippen molar-refractivity contribution in [1.29, 1.82) is 0 Å². The molecule has 1 aliphatic heterocycles. The number of carbonyl (C=O) groups is 2. The molecule has 1 heterocycles. The van der Waals surface area contributed by atoms with E-state index in [2.05, 4.69) is 5.32 Å². The minimum absolute atomic E-state index is 0.0557. The molecule has 0 bridgehead atoms. The van der Waals surface area contributed by atoms with Crippen molar-refractivity contribution < 1.29 is 19.1 Å². The van der Waals surface area contributed by atoms with Crippen LogP contribution in [0.4, 0.5) is 11.4 Å². The molecular formula is C24H22N2O4S. The molecule has 0 aliphatic carbocycles. The third-order valence-corrected chi connectivity index (χ3v) is 6.22. The maximum atomic E-state index is 12.6. The average molecular weight is 435 g/mol. The van der Waals surface area contributed by atoms with Gasteiger partial charge in [0.2, 0.25) is 5.91 Å². The van der Waals surface area contributed by atoms with E-state index in [1.54, 1.807) is 55.1 Å². The Hall–Kier alpha value is -3.45. The van der Waals surface area contributed by atoms with Crippen molar-refractivity contribution in [3.05, 3.63) is 83.9 Å². The van der Waals surface area contributed by atoms with Gasteiger partial charge in [0.25, 0.3) is 5.91 Å². The van der Waals surface area contributed by atoms with E-state index in [0.29, 0.717) is 28.5 Å². The number of methoxy groups -OCH3 is 2. The first kappa shape index (κ1) is 20.8. The van der Waals surface area contributed by atoms with Gasteiger partial charge < -0.3 is 14.8 Å². The van der Waals surface area contributed by atoms with Gasteiger partial charge in [-0.1, -0.05) is 18.2 Å². The molecule has 7 heteroatoms. The Morgan fingerprint density at radius 2 is 1.68 bits per heavy atom. The van der Waals surface area contributed by atoms with E-state index < -0.39 is 0 Å². The summed E-state index contributed by atoms with van der Waals surface area (Å²) in [6.07, 6.45) is 0. The van der Waals surface area contributed by atoms with Crippen LogP contribution in [-0.2, 0) is 4.79 Å². The summed E-state index contributed by atoms with van der Waals surface area (Å²) in [4.78, 5) is 26.8. The fraction of sp³-hybridized carbons (Fsp3) is 0.167. The van der Waals surface area contributed by atoms with E-state index in [4.69, 9.17) is 9.47 Å². The monoisotopic (exact) mass is 434 g/mol. The maximum Gasteiger partial charge on any atom is 0.255 e. The zero-order valence-corrected chi connectivity index (χ0v) is 18.0. The first-order chi connectivity index (χ1) is 15.1. The standard InChI is InChI=1S/C24H22N2O4S/c1-29-20-12-8-16(9-13-20)23(28)25-18-10-6-17(7-11-18)24-26(22(27)15-31-24)19-4-3-5-21(14-19)30-2/h3-14,24H,15H2,1-2H3,(H,25,28). The molecular weight excluding hydrogens is 412 g/mol. The second-order valence-electron chi connectivity index (χ2n) is 6.93. The minimum Gasteiger partial charge on any atom is -0.497 e. The van der Waals surface area contributed by atoms with Crippen LogP contribution in [0.5, 0.6) is 11.5 Å². The molecule has 0 aromatic heterocycles. The molecule has 1 atom stereocenters. The fourth-order valence-corrected chi connectivity index (χ4v) is 4.56. The lowest BCUT2D eigenvalue weighted by Crippen LogP contribution is -2.27. The van der Waals surface area contributed by atoms with Crippen molar-refractivity contribution in [2.75, 3.05) is 30.2 Å². The highest BCUT2D eigenvalue weighted by atomic mass is 32.2. The molecule has 0 radical (unpaired) electrons. The normalized spacial score (nSPS) is 15.6. The summed E-state index contributed by atoms with van der Waals surface area (Å²) in [7, 11) is 3.19. The van der Waals surface area contributed by atoms with Crippen LogP contribution in [0.1, 0.15) is 21.3 Å². The molecule has 158 valence electrons. The summed E-state index contributed by atoms with van der Waals surface area (Å²) in [5.41, 5.74) is 3.02. The lowest BCUT2D eigenvalue weighted by atomic mass is 10.1. The summed E-state index contributed by atoms with van der Waals surface area (Å²) < 4.78 is 10.4. The summed E-state index contributed by atoms with van der Waals surface area (Å²) in [6.45, 7) is 0. The number of nitrogens with one attached hydrogen (secondary N) is 1. The molecule has 1 saturated heterocycles. The summed E-state index contributed by atoms with van der Waals surface area (Å²) in [5, 5.41) is 2.76. The number of benzene rings is 3. The SMILES string of the molecule is COc1ccc(C(=O)Nc2ccc(C3SCC(=O)N3c3cccc(OC)c3)cc2)cc1. The first-order valence-electron chi connectivity index (χ1n) is 9.72. The Kier molecular flexibility index (Phi) is 6.13. The van der Waals surface area contributed by atoms with Gasteiger partial charge >= 0.3 is 0 Å². The number of hydrogen-bond donors (Lipinski definition) is 1. The topological polar surface area (TPSA) is 67.9 Å². The highest BCUT2D eigenvalue weighted by Crippen LogP contribution is 2.42. The molecule has 0 saturated carbocycles. The van der Waals surface area contributed by atoms with E-state index >= 15 is 0 Å². The van der Waals surface area contributed by atoms with Gasteiger partial charge in [0, 0.05) is 23.0 Å². The van der Waals surface area contributed by atoms with Gasteiger partial charge in [-0.3, -0.25) is 14.5 Å². The molecule has 1 N–H and O–H groups in total. The molecule has 1 unspecified atom stereocenters. The van der Waals surface area contributed by atoms with Gasteiger partial charge in [-0.2, -0.15) is 0 Å². The smallest absolute Gasteiger partial charge is 0.255 e. The Labute approximate surface area is 185 Å². The fourth-order valence-electron chi connectivity index (χ4n) is 3.39. The van der Waals surface area contributed by atoms with E-state index in [1.807, 2.05) is 48.5 Å². The largest absolute Gasteiger partial charge is 0.497 e. The van der Waals surface area contributed by atoms with Crippen LogP contribution in [0.2, 0.25) is 0 Å². The van der Waals surface area contributed by atoms with Crippen molar-refractivity contribution in [3.8, 4) is 11.5 Å². The van der Waals surface area contributed by atoms with Crippen LogP contribution in [0.15, 0.2) is 72.8 Å². The molecule has 0 spiro atoms. The van der Waals surface area contributed by atoms with Crippen LogP contribution in [0, 0.1) is 0 Å². The van der Waals surface area contributed by atoms with Crippen molar-refractivity contribution in [2.45, 2.75) is 5.37 Å². The third-order valence-electron chi connectivity index (χ3n) is 5.01. The number of anilines is 2. The average Bonchev–Trinajstić information content (AvgIpc) is 3.21. The van der Waals surface area contributed by atoms with Gasteiger partial charge in [0.15, 0.2) is 0 Å². The van der Waals surface area contributed by atoms with E-state index in [0.717, 1.165) is 11.3 Å². The molecule has 3 aromatic carbocycles. The zero-order valence-electron chi connectivity index (χ0n) is 17.2. The lowest BCUT2D eigenvalue weighted by molar-refractivity contribution is -0.115. The maximum absolute atomic E-state index is 12.6. The van der Waals surface area contributed by atoms with Gasteiger partial charge in [-0.05, 0) is 54.1 Å². The first-order valence-corrected chi connectivity index (χ1v) is 10.8. The van der Waals surface area contributed by atoms with Crippen LogP contribution >= 0.6 is 11.8 Å². The lowest BCUT2D eigenvalue weighted by Gasteiger charge is -2.25. The van der Waals surface area contributed by atoms with Gasteiger partial charge in [-0.25, -0.2) is 0 Å². The number of carbonyl (C=O) groups excluding carboxylic acids is 2. The number of ether oxygens (including phenoxy) is 2. The molecule has 31 heavy (non-hydrogen) atoms. The molecule has 2 amide bonds. The quantitative estimate of drug-likeness (QED) is 0.607. The summed E-state index contributed by atoms with van der Waals surface area (Å²) in [5.74, 6) is 1.68. The van der Waals surface area contributed by atoms with Crippen molar-refractivity contribution in [1.82, 2.24) is 0 Å². The Bertz CT molecular complexity index is 1080. The predicted octanol–water partition coefficient (Wildman–Crippen LogP) is 4.73. The molecule has 6 nitrogen and oxygen atoms in total. The number of nitrogens with zero attached hydrogens (tertiary/aromatic N) is 1. The molecule has 3 aromatic rings. The second-order valence-corrected chi connectivity index (χ2v) is 8.00. The number of thioether (sulfide) groups is 1. The van der Waals surface area contributed by atoms with E-state index in [1.165, 1.54) is 0 Å². The van der Waals surface area contributed by atoms with Gasteiger partial charge in [-0.15, -0.1) is 11.8 Å². The van der Waals surface area contributed by atoms with Crippen LogP contribution < -0.4 is 19.7 Å². The molecule has 4 rings (SSSR count). The van der Waals surface area contributed by atoms with Crippen LogP contribution in [0.25, 0.3) is 0 Å². The summed E-state index contributed by atoms with van der Waals surface area (Å²) in [6, 6.07) is 22.0. The van der Waals surface area contributed by atoms with Gasteiger partial charge in [0.05, 0.1) is 20.0 Å². The Morgan fingerprint density at radius 1 is 0.968 bits per heavy atom. The van der Waals surface area contributed by atoms with Gasteiger partial charge in [0.1, 0.15) is 16.9 Å². The molecule has 1 fully saturated rings. The Morgan fingerprint density at radius 3 is 2.35 bits per heavy atom. The number of hydrogen-bond acceptors (Lipinski definition) is 5.